The minimum absolute atomic E-state index is 0.104. The molecule has 2 aliphatic rings. The van der Waals surface area contributed by atoms with Crippen LogP contribution in [0.3, 0.4) is 0 Å². The van der Waals surface area contributed by atoms with Gasteiger partial charge in [-0.1, -0.05) is 42.5 Å². The summed E-state index contributed by atoms with van der Waals surface area (Å²) in [7, 11) is 0. The van der Waals surface area contributed by atoms with Crippen LogP contribution in [0, 0.1) is 0 Å². The maximum Gasteiger partial charge on any atom is 0.245 e. The quantitative estimate of drug-likeness (QED) is 0.869. The van der Waals surface area contributed by atoms with E-state index in [0.29, 0.717) is 0 Å². The van der Waals surface area contributed by atoms with Crippen molar-refractivity contribution in [3.8, 4) is 0 Å². The van der Waals surface area contributed by atoms with Crippen molar-refractivity contribution in [2.45, 2.75) is 25.4 Å². The summed E-state index contributed by atoms with van der Waals surface area (Å²) in [5.41, 5.74) is 5.01. The molecule has 0 saturated heterocycles. The lowest BCUT2D eigenvalue weighted by Gasteiger charge is -2.31. The zero-order chi connectivity index (χ0) is 14.2. The van der Waals surface area contributed by atoms with Crippen LogP contribution in [0.15, 0.2) is 48.5 Å². The fraction of sp³-hybridized carbons (Fsp3) is 0.278. The van der Waals surface area contributed by atoms with E-state index in [0.717, 1.165) is 31.6 Å². The minimum Gasteiger partial charge on any atom is -0.373 e. The average Bonchev–Trinajstić information content (AvgIpc) is 2.97. The third kappa shape index (κ3) is 2.19. The van der Waals surface area contributed by atoms with Crippen molar-refractivity contribution < 1.29 is 4.79 Å². The van der Waals surface area contributed by atoms with Gasteiger partial charge in [-0.05, 0) is 29.2 Å². The molecule has 3 heteroatoms. The van der Waals surface area contributed by atoms with Crippen molar-refractivity contribution in [1.29, 1.82) is 0 Å². The van der Waals surface area contributed by atoms with Crippen LogP contribution in [-0.2, 0) is 24.2 Å². The number of hydrogen-bond donors (Lipinski definition) is 1. The molecule has 0 bridgehead atoms. The molecule has 1 unspecified atom stereocenters. The van der Waals surface area contributed by atoms with Gasteiger partial charge in [-0.15, -0.1) is 0 Å². The first kappa shape index (κ1) is 12.5. The lowest BCUT2D eigenvalue weighted by atomic mass is 9.99. The first-order valence-corrected chi connectivity index (χ1v) is 7.51. The molecule has 106 valence electrons. The molecule has 2 aliphatic heterocycles. The normalized spacial score (nSPS) is 19.6. The van der Waals surface area contributed by atoms with Crippen LogP contribution in [0.4, 0.5) is 5.69 Å². The van der Waals surface area contributed by atoms with Gasteiger partial charge in [-0.2, -0.15) is 0 Å². The molecule has 1 amide bonds. The number of nitrogens with zero attached hydrogens (tertiary/aromatic N) is 1. The first-order chi connectivity index (χ1) is 10.3. The van der Waals surface area contributed by atoms with E-state index in [1.807, 2.05) is 23.1 Å². The predicted octanol–water partition coefficient (Wildman–Crippen LogP) is 2.61. The summed E-state index contributed by atoms with van der Waals surface area (Å²) in [5.74, 6) is 0.223. The lowest BCUT2D eigenvalue weighted by Crippen LogP contribution is -2.44. The lowest BCUT2D eigenvalue weighted by molar-refractivity contribution is -0.132. The molecule has 4 rings (SSSR count). The minimum atomic E-state index is -0.104. The molecular weight excluding hydrogens is 260 g/mol. The molecule has 1 atom stereocenters. The average molecular weight is 278 g/mol. The van der Waals surface area contributed by atoms with Crippen LogP contribution in [0.2, 0.25) is 0 Å². The Balaban J connectivity index is 1.50. The number of amides is 1. The number of carbonyl (C=O) groups excluding carboxylic acids is 1. The Morgan fingerprint density at radius 3 is 2.52 bits per heavy atom. The summed E-state index contributed by atoms with van der Waals surface area (Å²) in [4.78, 5) is 14.7. The summed E-state index contributed by atoms with van der Waals surface area (Å²) < 4.78 is 0. The van der Waals surface area contributed by atoms with Gasteiger partial charge >= 0.3 is 0 Å². The van der Waals surface area contributed by atoms with Gasteiger partial charge in [0.1, 0.15) is 6.04 Å². The molecule has 21 heavy (non-hydrogen) atoms. The summed E-state index contributed by atoms with van der Waals surface area (Å²) in [6.07, 6.45) is 1.76. The van der Waals surface area contributed by atoms with Gasteiger partial charge in [-0.3, -0.25) is 4.79 Å². The second kappa shape index (κ2) is 4.92. The molecule has 0 spiro atoms. The Labute approximate surface area is 124 Å². The number of para-hydroxylation sites is 1. The van der Waals surface area contributed by atoms with Crippen molar-refractivity contribution in [3.63, 3.8) is 0 Å². The van der Waals surface area contributed by atoms with Crippen LogP contribution in [0.25, 0.3) is 0 Å². The Hall–Kier alpha value is -2.29. The second-order valence-electron chi connectivity index (χ2n) is 5.84. The Morgan fingerprint density at radius 2 is 1.71 bits per heavy atom. The summed E-state index contributed by atoms with van der Waals surface area (Å²) in [6, 6.07) is 16.5. The van der Waals surface area contributed by atoms with Gasteiger partial charge in [0.25, 0.3) is 0 Å². The van der Waals surface area contributed by atoms with Crippen molar-refractivity contribution in [3.05, 3.63) is 65.2 Å². The monoisotopic (exact) mass is 278 g/mol. The largest absolute Gasteiger partial charge is 0.373 e. The number of hydrogen-bond acceptors (Lipinski definition) is 2. The molecule has 0 aromatic heterocycles. The van der Waals surface area contributed by atoms with Gasteiger partial charge in [0.15, 0.2) is 0 Å². The van der Waals surface area contributed by atoms with Gasteiger partial charge < -0.3 is 10.2 Å². The van der Waals surface area contributed by atoms with E-state index in [2.05, 4.69) is 35.6 Å². The van der Waals surface area contributed by atoms with Crippen molar-refractivity contribution in [2.75, 3.05) is 11.9 Å². The van der Waals surface area contributed by atoms with Gasteiger partial charge in [-0.25, -0.2) is 0 Å². The SMILES string of the molecule is O=C(C1Cc2ccccc2N1)N1CCc2ccccc2C1. The highest BCUT2D eigenvalue weighted by molar-refractivity contribution is 5.87. The van der Waals surface area contributed by atoms with E-state index >= 15 is 0 Å². The van der Waals surface area contributed by atoms with E-state index in [-0.39, 0.29) is 11.9 Å². The van der Waals surface area contributed by atoms with Gasteiger partial charge in [0.2, 0.25) is 5.91 Å². The molecule has 0 fully saturated rings. The standard InChI is InChI=1S/C18H18N2O/c21-18(17-11-14-6-3-4-8-16(14)19-17)20-10-9-13-5-1-2-7-15(13)12-20/h1-8,17,19H,9-12H2. The number of rotatable bonds is 1. The zero-order valence-corrected chi connectivity index (χ0v) is 11.9. The number of carbonyl (C=O) groups is 1. The summed E-state index contributed by atoms with van der Waals surface area (Å²) in [5, 5.41) is 3.36. The van der Waals surface area contributed by atoms with Crippen LogP contribution >= 0.6 is 0 Å². The summed E-state index contributed by atoms with van der Waals surface area (Å²) in [6.45, 7) is 1.56. The molecule has 0 aliphatic carbocycles. The van der Waals surface area contributed by atoms with Crippen LogP contribution in [0.1, 0.15) is 16.7 Å². The van der Waals surface area contributed by atoms with Crippen molar-refractivity contribution in [1.82, 2.24) is 4.90 Å². The topological polar surface area (TPSA) is 32.3 Å². The third-order valence-corrected chi connectivity index (χ3v) is 4.51. The highest BCUT2D eigenvalue weighted by atomic mass is 16.2. The number of fused-ring (bicyclic) bond motifs is 2. The maximum atomic E-state index is 12.7. The van der Waals surface area contributed by atoms with E-state index in [9.17, 15) is 4.79 Å². The number of nitrogens with one attached hydrogen (secondary N) is 1. The molecule has 1 N–H and O–H groups in total. The van der Waals surface area contributed by atoms with E-state index < -0.39 is 0 Å². The van der Waals surface area contributed by atoms with E-state index in [1.165, 1.54) is 16.7 Å². The number of anilines is 1. The zero-order valence-electron chi connectivity index (χ0n) is 11.9. The molecule has 0 saturated carbocycles. The fourth-order valence-corrected chi connectivity index (χ4v) is 3.35. The van der Waals surface area contributed by atoms with Crippen LogP contribution in [0.5, 0.6) is 0 Å². The summed E-state index contributed by atoms with van der Waals surface area (Å²) >= 11 is 0. The highest BCUT2D eigenvalue weighted by Crippen LogP contribution is 2.27. The van der Waals surface area contributed by atoms with Crippen LogP contribution in [-0.4, -0.2) is 23.4 Å². The smallest absolute Gasteiger partial charge is 0.245 e. The molecule has 0 radical (unpaired) electrons. The number of benzene rings is 2. The van der Waals surface area contributed by atoms with E-state index in [1.54, 1.807) is 0 Å². The highest BCUT2D eigenvalue weighted by Gasteiger charge is 2.31. The second-order valence-corrected chi connectivity index (χ2v) is 5.84. The molecule has 3 nitrogen and oxygen atoms in total. The Kier molecular flexibility index (Phi) is 2.92. The fourth-order valence-electron chi connectivity index (χ4n) is 3.35. The molecule has 2 aromatic rings. The van der Waals surface area contributed by atoms with Gasteiger partial charge in [0.05, 0.1) is 0 Å². The predicted molar refractivity (Wildman–Crippen MR) is 83.1 cm³/mol. The Bertz CT molecular complexity index is 670. The first-order valence-electron chi connectivity index (χ1n) is 7.51. The third-order valence-electron chi connectivity index (χ3n) is 4.51. The molecular formula is C18H18N2O. The Morgan fingerprint density at radius 1 is 1.00 bits per heavy atom. The van der Waals surface area contributed by atoms with Crippen molar-refractivity contribution >= 4 is 11.6 Å². The molecule has 2 aromatic carbocycles. The molecule has 2 heterocycles. The van der Waals surface area contributed by atoms with Gasteiger partial charge in [0, 0.05) is 25.2 Å². The van der Waals surface area contributed by atoms with Crippen molar-refractivity contribution in [2.24, 2.45) is 0 Å². The van der Waals surface area contributed by atoms with Crippen LogP contribution < -0.4 is 5.32 Å². The van der Waals surface area contributed by atoms with E-state index in [4.69, 9.17) is 0 Å². The maximum absolute atomic E-state index is 12.7.